The third-order valence-electron chi connectivity index (χ3n) is 1.43. The number of halogens is 1. The molecule has 1 aromatic heterocycles. The van der Waals surface area contributed by atoms with Gasteiger partial charge in [0.15, 0.2) is 0 Å². The van der Waals surface area contributed by atoms with Gasteiger partial charge < -0.3 is 5.32 Å². The summed E-state index contributed by atoms with van der Waals surface area (Å²) in [5.41, 5.74) is -0.0405. The SMILES string of the molecule is C=C(Br)CNc1ncccc1[N+](=O)[O-]. The van der Waals surface area contributed by atoms with Crippen LogP contribution in [0.2, 0.25) is 0 Å². The fraction of sp³-hybridized carbons (Fsp3) is 0.125. The number of rotatable bonds is 4. The smallest absolute Gasteiger partial charge is 0.311 e. The minimum atomic E-state index is -0.480. The van der Waals surface area contributed by atoms with E-state index in [1.807, 2.05) is 0 Å². The molecule has 0 aliphatic rings. The highest BCUT2D eigenvalue weighted by molar-refractivity contribution is 9.11. The Morgan fingerprint density at radius 2 is 2.50 bits per heavy atom. The first-order valence-corrected chi connectivity index (χ1v) is 4.57. The molecule has 0 unspecified atom stereocenters. The fourth-order valence-electron chi connectivity index (χ4n) is 0.860. The highest BCUT2D eigenvalue weighted by atomic mass is 79.9. The van der Waals surface area contributed by atoms with E-state index in [2.05, 4.69) is 32.8 Å². The van der Waals surface area contributed by atoms with Crippen molar-refractivity contribution in [1.82, 2.24) is 4.98 Å². The van der Waals surface area contributed by atoms with Crippen LogP contribution in [0.3, 0.4) is 0 Å². The molecule has 0 saturated carbocycles. The second-order valence-corrected chi connectivity index (χ2v) is 3.62. The fourth-order valence-corrected chi connectivity index (χ4v) is 1.00. The number of pyridine rings is 1. The van der Waals surface area contributed by atoms with Crippen molar-refractivity contribution in [3.8, 4) is 0 Å². The zero-order valence-corrected chi connectivity index (χ0v) is 8.82. The Kier molecular flexibility index (Phi) is 3.58. The number of nitrogens with one attached hydrogen (secondary N) is 1. The van der Waals surface area contributed by atoms with Crippen molar-refractivity contribution in [2.24, 2.45) is 0 Å². The van der Waals surface area contributed by atoms with Crippen LogP contribution in [0.25, 0.3) is 0 Å². The summed E-state index contributed by atoms with van der Waals surface area (Å²) in [4.78, 5) is 13.9. The Balaban J connectivity index is 2.84. The van der Waals surface area contributed by atoms with Crippen LogP contribution >= 0.6 is 15.9 Å². The summed E-state index contributed by atoms with van der Waals surface area (Å²) in [7, 11) is 0. The monoisotopic (exact) mass is 257 g/mol. The second kappa shape index (κ2) is 4.71. The second-order valence-electron chi connectivity index (χ2n) is 2.50. The van der Waals surface area contributed by atoms with E-state index in [1.165, 1.54) is 18.3 Å². The molecule has 1 aromatic rings. The van der Waals surface area contributed by atoms with Crippen LogP contribution in [0, 0.1) is 10.1 Å². The minimum Gasteiger partial charge on any atom is -0.360 e. The van der Waals surface area contributed by atoms with Crippen molar-refractivity contribution in [2.75, 3.05) is 11.9 Å². The summed E-state index contributed by atoms with van der Waals surface area (Å²) in [5.74, 6) is 0.248. The lowest BCUT2D eigenvalue weighted by Crippen LogP contribution is -2.05. The van der Waals surface area contributed by atoms with E-state index in [0.29, 0.717) is 11.0 Å². The molecular formula is C8H8BrN3O2. The Morgan fingerprint density at radius 3 is 3.07 bits per heavy atom. The van der Waals surface area contributed by atoms with E-state index < -0.39 is 4.92 Å². The molecule has 1 heterocycles. The zero-order valence-electron chi connectivity index (χ0n) is 7.24. The Bertz CT molecular complexity index is 367. The predicted octanol–water partition coefficient (Wildman–Crippen LogP) is 2.31. The third-order valence-corrected chi connectivity index (χ3v) is 1.71. The third kappa shape index (κ3) is 2.81. The Labute approximate surface area is 89.1 Å². The maximum atomic E-state index is 10.6. The molecule has 5 nitrogen and oxygen atoms in total. The first-order chi connectivity index (χ1) is 6.61. The van der Waals surface area contributed by atoms with Gasteiger partial charge in [-0.25, -0.2) is 4.98 Å². The summed E-state index contributed by atoms with van der Waals surface area (Å²) < 4.78 is 0.706. The molecular weight excluding hydrogens is 250 g/mol. The van der Waals surface area contributed by atoms with Crippen LogP contribution in [0.1, 0.15) is 0 Å². The van der Waals surface area contributed by atoms with Gasteiger partial charge in [-0.1, -0.05) is 22.5 Å². The van der Waals surface area contributed by atoms with E-state index in [-0.39, 0.29) is 11.5 Å². The molecule has 1 N–H and O–H groups in total. The molecule has 0 fully saturated rings. The highest BCUT2D eigenvalue weighted by Crippen LogP contribution is 2.20. The molecule has 0 aromatic carbocycles. The first kappa shape index (κ1) is 10.6. The van der Waals surface area contributed by atoms with E-state index in [0.717, 1.165) is 0 Å². The van der Waals surface area contributed by atoms with E-state index in [4.69, 9.17) is 0 Å². The number of anilines is 1. The molecule has 0 bridgehead atoms. The molecule has 14 heavy (non-hydrogen) atoms. The number of aromatic nitrogens is 1. The molecule has 0 aliphatic carbocycles. The summed E-state index contributed by atoms with van der Waals surface area (Å²) >= 11 is 3.14. The Hall–Kier alpha value is -1.43. The van der Waals surface area contributed by atoms with Crippen LogP contribution in [0.15, 0.2) is 29.4 Å². The van der Waals surface area contributed by atoms with E-state index in [1.54, 1.807) is 0 Å². The van der Waals surface area contributed by atoms with Crippen LogP contribution in [0.4, 0.5) is 11.5 Å². The standard InChI is InChI=1S/C8H8BrN3O2/c1-6(9)5-11-8-7(12(13)14)3-2-4-10-8/h2-4H,1,5H2,(H,10,11). The summed E-state index contributed by atoms with van der Waals surface area (Å²) in [6.45, 7) is 4.00. The lowest BCUT2D eigenvalue weighted by molar-refractivity contribution is -0.384. The topological polar surface area (TPSA) is 68.1 Å². The molecule has 0 atom stereocenters. The van der Waals surface area contributed by atoms with Gasteiger partial charge in [0.1, 0.15) is 0 Å². The lowest BCUT2D eigenvalue weighted by atomic mass is 10.4. The average molecular weight is 258 g/mol. The molecule has 1 rings (SSSR count). The maximum Gasteiger partial charge on any atom is 0.311 e. The molecule has 6 heteroatoms. The minimum absolute atomic E-state index is 0.0405. The molecule has 0 amide bonds. The molecule has 0 spiro atoms. The van der Waals surface area contributed by atoms with Gasteiger partial charge in [-0.2, -0.15) is 0 Å². The van der Waals surface area contributed by atoms with Gasteiger partial charge in [0.2, 0.25) is 5.82 Å². The molecule has 0 radical (unpaired) electrons. The van der Waals surface area contributed by atoms with Gasteiger partial charge in [0, 0.05) is 23.3 Å². The average Bonchev–Trinajstić information content (AvgIpc) is 2.15. The van der Waals surface area contributed by atoms with Gasteiger partial charge in [0.25, 0.3) is 0 Å². The van der Waals surface area contributed by atoms with Crippen molar-refractivity contribution < 1.29 is 4.92 Å². The van der Waals surface area contributed by atoms with Crippen molar-refractivity contribution in [3.63, 3.8) is 0 Å². The van der Waals surface area contributed by atoms with Gasteiger partial charge in [0.05, 0.1) is 4.92 Å². The highest BCUT2D eigenvalue weighted by Gasteiger charge is 2.12. The van der Waals surface area contributed by atoms with Crippen molar-refractivity contribution in [1.29, 1.82) is 0 Å². The summed E-state index contributed by atoms with van der Waals surface area (Å²) in [6.07, 6.45) is 1.49. The Morgan fingerprint density at radius 1 is 1.79 bits per heavy atom. The molecule has 0 saturated heterocycles. The van der Waals surface area contributed by atoms with Crippen LogP contribution < -0.4 is 5.32 Å². The number of nitro groups is 1. The van der Waals surface area contributed by atoms with E-state index in [9.17, 15) is 10.1 Å². The van der Waals surface area contributed by atoms with E-state index >= 15 is 0 Å². The van der Waals surface area contributed by atoms with Crippen molar-refractivity contribution >= 4 is 27.4 Å². The van der Waals surface area contributed by atoms with Crippen molar-refractivity contribution in [3.05, 3.63) is 39.5 Å². The molecule has 74 valence electrons. The quantitative estimate of drug-likeness (QED) is 0.664. The number of hydrogen-bond donors (Lipinski definition) is 1. The summed E-state index contributed by atoms with van der Waals surface area (Å²) in [5, 5.41) is 13.4. The number of nitrogens with zero attached hydrogens (tertiary/aromatic N) is 2. The first-order valence-electron chi connectivity index (χ1n) is 3.78. The van der Waals surface area contributed by atoms with Gasteiger partial charge in [-0.15, -0.1) is 0 Å². The summed E-state index contributed by atoms with van der Waals surface area (Å²) in [6, 6.07) is 2.92. The van der Waals surface area contributed by atoms with Gasteiger partial charge >= 0.3 is 5.69 Å². The van der Waals surface area contributed by atoms with Crippen LogP contribution in [-0.2, 0) is 0 Å². The normalized spacial score (nSPS) is 9.50. The largest absolute Gasteiger partial charge is 0.360 e. The van der Waals surface area contributed by atoms with Gasteiger partial charge in [-0.3, -0.25) is 10.1 Å². The maximum absolute atomic E-state index is 10.6. The zero-order chi connectivity index (χ0) is 10.6. The van der Waals surface area contributed by atoms with Crippen LogP contribution in [0.5, 0.6) is 0 Å². The lowest BCUT2D eigenvalue weighted by Gasteiger charge is -2.03. The number of hydrogen-bond acceptors (Lipinski definition) is 4. The predicted molar refractivity (Wildman–Crippen MR) is 57.4 cm³/mol. The van der Waals surface area contributed by atoms with Crippen molar-refractivity contribution in [2.45, 2.75) is 0 Å². The van der Waals surface area contributed by atoms with Crippen LogP contribution in [-0.4, -0.2) is 16.5 Å². The van der Waals surface area contributed by atoms with Gasteiger partial charge in [-0.05, 0) is 6.07 Å². The molecule has 0 aliphatic heterocycles.